The van der Waals surface area contributed by atoms with E-state index in [1.807, 2.05) is 0 Å². The molecule has 1 saturated carbocycles. The summed E-state index contributed by atoms with van der Waals surface area (Å²) in [6.07, 6.45) is 2.43. The fourth-order valence-corrected chi connectivity index (χ4v) is 3.39. The Morgan fingerprint density at radius 3 is 2.72 bits per heavy atom. The summed E-state index contributed by atoms with van der Waals surface area (Å²) in [6.45, 7) is 4.40. The topological polar surface area (TPSA) is 85.3 Å². The minimum atomic E-state index is -3.48. The molecule has 1 atom stereocenters. The Hall–Kier alpha value is -0.850. The fraction of sp³-hybridized carbons (Fsp3) is 0.667. The highest BCUT2D eigenvalue weighted by Gasteiger charge is 2.29. The van der Waals surface area contributed by atoms with Crippen molar-refractivity contribution >= 4 is 10.0 Å². The minimum Gasteiger partial charge on any atom is -0.464 e. The van der Waals surface area contributed by atoms with Crippen molar-refractivity contribution in [1.82, 2.24) is 4.72 Å². The van der Waals surface area contributed by atoms with Crippen LogP contribution in [0.4, 0.5) is 0 Å². The Morgan fingerprint density at radius 1 is 1.56 bits per heavy atom. The number of hydrogen-bond acceptors (Lipinski definition) is 4. The minimum absolute atomic E-state index is 0.200. The molecule has 18 heavy (non-hydrogen) atoms. The Morgan fingerprint density at radius 2 is 2.22 bits per heavy atom. The molecule has 2 rings (SSSR count). The van der Waals surface area contributed by atoms with E-state index in [-0.39, 0.29) is 11.4 Å². The van der Waals surface area contributed by atoms with Crippen molar-refractivity contribution in [2.24, 2.45) is 17.6 Å². The van der Waals surface area contributed by atoms with Gasteiger partial charge < -0.3 is 10.2 Å². The summed E-state index contributed by atoms with van der Waals surface area (Å²) in [5.41, 5.74) is 5.44. The molecule has 0 amide bonds. The normalized spacial score (nSPS) is 17.9. The number of sulfonamides is 1. The summed E-state index contributed by atoms with van der Waals surface area (Å²) in [5, 5.41) is 0. The third-order valence-electron chi connectivity index (χ3n) is 3.44. The predicted octanol–water partition coefficient (Wildman–Crippen LogP) is 1.37. The van der Waals surface area contributed by atoms with Crippen LogP contribution in [0.2, 0.25) is 0 Å². The molecular weight excluding hydrogens is 252 g/mol. The molecule has 6 heteroatoms. The molecule has 1 heterocycles. The molecule has 0 spiro atoms. The summed E-state index contributed by atoms with van der Waals surface area (Å²) >= 11 is 0. The molecule has 1 aromatic rings. The molecule has 0 saturated heterocycles. The smallest absolute Gasteiger partial charge is 0.244 e. The van der Waals surface area contributed by atoms with Crippen LogP contribution in [-0.4, -0.2) is 15.0 Å². The van der Waals surface area contributed by atoms with Crippen molar-refractivity contribution in [3.05, 3.63) is 17.6 Å². The van der Waals surface area contributed by atoms with Crippen molar-refractivity contribution in [2.45, 2.75) is 38.1 Å². The zero-order valence-electron chi connectivity index (χ0n) is 10.8. The van der Waals surface area contributed by atoms with Crippen LogP contribution in [0.1, 0.15) is 31.3 Å². The number of nitrogens with two attached hydrogens (primary N) is 1. The first-order valence-electron chi connectivity index (χ1n) is 6.23. The van der Waals surface area contributed by atoms with Crippen LogP contribution in [0.5, 0.6) is 0 Å². The van der Waals surface area contributed by atoms with Crippen LogP contribution in [0.3, 0.4) is 0 Å². The molecule has 1 aliphatic rings. The molecule has 0 aliphatic heterocycles. The van der Waals surface area contributed by atoms with E-state index in [0.717, 1.165) is 0 Å². The van der Waals surface area contributed by atoms with Crippen LogP contribution in [-0.2, 0) is 16.6 Å². The highest BCUT2D eigenvalue weighted by atomic mass is 32.2. The van der Waals surface area contributed by atoms with E-state index >= 15 is 0 Å². The van der Waals surface area contributed by atoms with Gasteiger partial charge in [0.15, 0.2) is 0 Å². The number of rotatable bonds is 6. The molecule has 0 aromatic carbocycles. The molecule has 1 aromatic heterocycles. The average Bonchev–Trinajstić information content (AvgIpc) is 3.09. The van der Waals surface area contributed by atoms with E-state index in [2.05, 4.69) is 11.6 Å². The Kier molecular flexibility index (Phi) is 3.79. The number of furan rings is 1. The highest BCUT2D eigenvalue weighted by Crippen LogP contribution is 2.36. The van der Waals surface area contributed by atoms with Gasteiger partial charge in [-0.25, -0.2) is 13.1 Å². The van der Waals surface area contributed by atoms with Gasteiger partial charge in [-0.05, 0) is 31.6 Å². The van der Waals surface area contributed by atoms with Gasteiger partial charge in [0.1, 0.15) is 16.4 Å². The molecule has 102 valence electrons. The maximum absolute atomic E-state index is 12.1. The lowest BCUT2D eigenvalue weighted by atomic mass is 10.1. The molecule has 1 fully saturated rings. The summed E-state index contributed by atoms with van der Waals surface area (Å²) in [7, 11) is -3.48. The van der Waals surface area contributed by atoms with Gasteiger partial charge in [0.2, 0.25) is 10.0 Å². The maximum atomic E-state index is 12.1. The molecule has 5 nitrogen and oxygen atoms in total. The molecular formula is C12H20N2O3S. The van der Waals surface area contributed by atoms with Crippen LogP contribution < -0.4 is 10.5 Å². The Bertz CT molecular complexity index is 517. The van der Waals surface area contributed by atoms with Crippen LogP contribution in [0.15, 0.2) is 15.4 Å². The van der Waals surface area contributed by atoms with Crippen LogP contribution >= 0.6 is 0 Å². The predicted molar refractivity (Wildman–Crippen MR) is 68.4 cm³/mol. The molecule has 0 radical (unpaired) electrons. The number of nitrogens with one attached hydrogen (secondary N) is 1. The summed E-state index contributed by atoms with van der Waals surface area (Å²) in [6, 6.07) is 1.50. The van der Waals surface area contributed by atoms with Crippen molar-refractivity contribution < 1.29 is 12.8 Å². The average molecular weight is 272 g/mol. The third-order valence-corrected chi connectivity index (χ3v) is 4.97. The van der Waals surface area contributed by atoms with E-state index in [0.29, 0.717) is 29.9 Å². The second kappa shape index (κ2) is 5.03. The van der Waals surface area contributed by atoms with Gasteiger partial charge in [0.25, 0.3) is 0 Å². The van der Waals surface area contributed by atoms with E-state index in [1.165, 1.54) is 18.9 Å². The molecule has 1 aliphatic carbocycles. The van der Waals surface area contributed by atoms with E-state index in [9.17, 15) is 8.42 Å². The lowest BCUT2D eigenvalue weighted by molar-refractivity contribution is 0.475. The lowest BCUT2D eigenvalue weighted by Gasteiger charge is -2.11. The van der Waals surface area contributed by atoms with Gasteiger partial charge in [0.05, 0.1) is 6.54 Å². The van der Waals surface area contributed by atoms with E-state index in [1.54, 1.807) is 6.92 Å². The largest absolute Gasteiger partial charge is 0.464 e. The van der Waals surface area contributed by atoms with Crippen molar-refractivity contribution in [2.75, 3.05) is 6.54 Å². The quantitative estimate of drug-likeness (QED) is 0.819. The Balaban J connectivity index is 2.06. The van der Waals surface area contributed by atoms with Crippen LogP contribution in [0.25, 0.3) is 0 Å². The fourth-order valence-electron chi connectivity index (χ4n) is 2.04. The second-order valence-corrected chi connectivity index (χ2v) is 6.74. The van der Waals surface area contributed by atoms with Gasteiger partial charge in [-0.3, -0.25) is 0 Å². The van der Waals surface area contributed by atoms with Gasteiger partial charge >= 0.3 is 0 Å². The first-order chi connectivity index (χ1) is 8.44. The highest BCUT2D eigenvalue weighted by molar-refractivity contribution is 7.89. The Labute approximate surface area is 108 Å². The van der Waals surface area contributed by atoms with Crippen molar-refractivity contribution in [3.8, 4) is 0 Å². The van der Waals surface area contributed by atoms with Gasteiger partial charge in [-0.2, -0.15) is 0 Å². The number of hydrogen-bond donors (Lipinski definition) is 2. The molecule has 3 N–H and O–H groups in total. The van der Waals surface area contributed by atoms with Gasteiger partial charge in [-0.1, -0.05) is 6.92 Å². The zero-order valence-corrected chi connectivity index (χ0v) is 11.6. The van der Waals surface area contributed by atoms with Crippen molar-refractivity contribution in [1.29, 1.82) is 0 Å². The second-order valence-electron chi connectivity index (χ2n) is 5.00. The first kappa shape index (κ1) is 13.6. The lowest BCUT2D eigenvalue weighted by Crippen LogP contribution is -2.29. The molecule has 0 bridgehead atoms. The third kappa shape index (κ3) is 2.93. The van der Waals surface area contributed by atoms with Crippen molar-refractivity contribution in [3.63, 3.8) is 0 Å². The molecule has 1 unspecified atom stereocenters. The van der Waals surface area contributed by atoms with E-state index < -0.39 is 10.0 Å². The van der Waals surface area contributed by atoms with E-state index in [4.69, 9.17) is 10.2 Å². The summed E-state index contributed by atoms with van der Waals surface area (Å²) < 4.78 is 32.2. The number of aryl methyl sites for hydroxylation is 1. The summed E-state index contributed by atoms with van der Waals surface area (Å²) in [4.78, 5) is 0.200. The van der Waals surface area contributed by atoms with Gasteiger partial charge in [-0.15, -0.1) is 0 Å². The maximum Gasteiger partial charge on any atom is 0.244 e. The SMILES string of the molecule is Cc1oc(CN)cc1S(=O)(=O)NCC(C)C1CC1. The summed E-state index contributed by atoms with van der Waals surface area (Å²) in [5.74, 6) is 1.95. The van der Waals surface area contributed by atoms with Gasteiger partial charge in [0, 0.05) is 12.6 Å². The standard InChI is InChI=1S/C12H20N2O3S/c1-8(10-3-4-10)7-14-18(15,16)12-5-11(6-13)17-9(12)2/h5,8,10,14H,3-4,6-7,13H2,1-2H3. The zero-order chi connectivity index (χ0) is 13.3. The van der Waals surface area contributed by atoms with Crippen LogP contribution in [0, 0.1) is 18.8 Å². The first-order valence-corrected chi connectivity index (χ1v) is 7.71. The monoisotopic (exact) mass is 272 g/mol.